The molecule has 0 spiro atoms. The van der Waals surface area contributed by atoms with Gasteiger partial charge in [0.2, 0.25) is 0 Å². The van der Waals surface area contributed by atoms with E-state index >= 15 is 0 Å². The van der Waals surface area contributed by atoms with Gasteiger partial charge in [-0.3, -0.25) is 0 Å². The Morgan fingerprint density at radius 3 is 2.76 bits per heavy atom. The number of nitrogens with one attached hydrogen (secondary N) is 1. The van der Waals surface area contributed by atoms with E-state index in [1.807, 2.05) is 6.07 Å². The van der Waals surface area contributed by atoms with E-state index in [4.69, 9.17) is 0 Å². The van der Waals surface area contributed by atoms with E-state index in [1.54, 1.807) is 6.07 Å². The number of benzene rings is 2. The lowest BCUT2D eigenvalue weighted by atomic mass is 10.0. The number of hydrogen-bond donors (Lipinski definition) is 1. The molecule has 0 amide bonds. The van der Waals surface area contributed by atoms with Crippen molar-refractivity contribution in [1.29, 1.82) is 0 Å². The number of aryl methyl sites for hydroxylation is 1. The first-order valence-electron chi connectivity index (χ1n) is 7.81. The van der Waals surface area contributed by atoms with Crippen molar-refractivity contribution in [2.75, 3.05) is 0 Å². The molecule has 0 radical (unpaired) electrons. The normalized spacial score (nSPS) is 18.5. The molecule has 2 heteroatoms. The van der Waals surface area contributed by atoms with Crippen LogP contribution in [0.4, 0.5) is 4.39 Å². The van der Waals surface area contributed by atoms with E-state index in [0.717, 1.165) is 36.8 Å². The molecule has 1 aliphatic carbocycles. The van der Waals surface area contributed by atoms with E-state index in [-0.39, 0.29) is 5.82 Å². The van der Waals surface area contributed by atoms with Crippen LogP contribution in [0.1, 0.15) is 42.5 Å². The molecule has 110 valence electrons. The van der Waals surface area contributed by atoms with Crippen molar-refractivity contribution in [2.45, 2.75) is 44.7 Å². The van der Waals surface area contributed by atoms with Crippen LogP contribution in [-0.2, 0) is 12.8 Å². The van der Waals surface area contributed by atoms with Crippen LogP contribution in [0.15, 0.2) is 48.5 Å². The highest BCUT2D eigenvalue weighted by atomic mass is 19.1. The molecule has 0 aliphatic heterocycles. The van der Waals surface area contributed by atoms with E-state index < -0.39 is 0 Å². The minimum atomic E-state index is -0.0475. The van der Waals surface area contributed by atoms with Gasteiger partial charge in [-0.2, -0.15) is 0 Å². The highest BCUT2D eigenvalue weighted by molar-refractivity contribution is 5.35. The average molecular weight is 283 g/mol. The summed E-state index contributed by atoms with van der Waals surface area (Å²) in [6.07, 6.45) is 4.04. The Labute approximate surface area is 126 Å². The van der Waals surface area contributed by atoms with Gasteiger partial charge in [-0.1, -0.05) is 42.5 Å². The molecule has 2 unspecified atom stereocenters. The van der Waals surface area contributed by atoms with Crippen LogP contribution in [0.2, 0.25) is 0 Å². The molecular formula is C19H22FN. The summed E-state index contributed by atoms with van der Waals surface area (Å²) in [6, 6.07) is 16.8. The second-order valence-corrected chi connectivity index (χ2v) is 5.99. The lowest BCUT2D eigenvalue weighted by molar-refractivity contribution is 0.434. The molecule has 0 fully saturated rings. The van der Waals surface area contributed by atoms with Crippen molar-refractivity contribution in [3.63, 3.8) is 0 Å². The van der Waals surface area contributed by atoms with Crippen molar-refractivity contribution < 1.29 is 4.39 Å². The van der Waals surface area contributed by atoms with Crippen LogP contribution >= 0.6 is 0 Å². The highest BCUT2D eigenvalue weighted by Crippen LogP contribution is 2.33. The number of rotatable bonds is 5. The maximum Gasteiger partial charge on any atom is 0.126 e. The third-order valence-electron chi connectivity index (χ3n) is 4.41. The zero-order chi connectivity index (χ0) is 14.7. The molecule has 0 saturated carbocycles. The Morgan fingerprint density at radius 2 is 1.95 bits per heavy atom. The van der Waals surface area contributed by atoms with Gasteiger partial charge in [0.25, 0.3) is 0 Å². The lowest BCUT2D eigenvalue weighted by Gasteiger charge is -2.20. The van der Waals surface area contributed by atoms with Gasteiger partial charge in [0.05, 0.1) is 0 Å². The predicted molar refractivity (Wildman–Crippen MR) is 84.8 cm³/mol. The molecule has 1 aliphatic rings. The van der Waals surface area contributed by atoms with Crippen molar-refractivity contribution in [3.05, 3.63) is 71.0 Å². The Kier molecular flexibility index (Phi) is 4.35. The quantitative estimate of drug-likeness (QED) is 0.856. The van der Waals surface area contributed by atoms with Crippen molar-refractivity contribution in [2.24, 2.45) is 0 Å². The molecule has 1 N–H and O–H groups in total. The first-order chi connectivity index (χ1) is 10.2. The van der Waals surface area contributed by atoms with Gasteiger partial charge < -0.3 is 5.32 Å². The maximum absolute atomic E-state index is 13.7. The van der Waals surface area contributed by atoms with Gasteiger partial charge in [-0.05, 0) is 55.4 Å². The Balaban J connectivity index is 1.57. The van der Waals surface area contributed by atoms with Crippen LogP contribution < -0.4 is 5.32 Å². The molecule has 0 aromatic heterocycles. The van der Waals surface area contributed by atoms with Gasteiger partial charge in [0.15, 0.2) is 0 Å². The number of halogens is 1. The van der Waals surface area contributed by atoms with Gasteiger partial charge in [0.1, 0.15) is 5.82 Å². The SMILES string of the molecule is CC(CCc1ccccc1)NC1CCc2c(F)cccc21. The molecule has 1 nitrogen and oxygen atoms in total. The molecule has 0 saturated heterocycles. The van der Waals surface area contributed by atoms with Gasteiger partial charge in [-0.25, -0.2) is 4.39 Å². The summed E-state index contributed by atoms with van der Waals surface area (Å²) in [5.74, 6) is -0.0475. The molecule has 2 atom stereocenters. The van der Waals surface area contributed by atoms with Crippen molar-refractivity contribution >= 4 is 0 Å². The summed E-state index contributed by atoms with van der Waals surface area (Å²) in [7, 11) is 0. The van der Waals surface area contributed by atoms with Crippen LogP contribution in [0.3, 0.4) is 0 Å². The topological polar surface area (TPSA) is 12.0 Å². The first-order valence-corrected chi connectivity index (χ1v) is 7.81. The smallest absolute Gasteiger partial charge is 0.126 e. The standard InChI is InChI=1S/C19H22FN/c1-14(10-11-15-6-3-2-4-7-15)21-19-13-12-16-17(19)8-5-9-18(16)20/h2-9,14,19,21H,10-13H2,1H3. The fourth-order valence-corrected chi connectivity index (χ4v) is 3.24. The molecule has 2 aromatic carbocycles. The molecule has 2 aromatic rings. The summed E-state index contributed by atoms with van der Waals surface area (Å²) in [6.45, 7) is 2.22. The fraction of sp³-hybridized carbons (Fsp3) is 0.368. The van der Waals surface area contributed by atoms with Gasteiger partial charge >= 0.3 is 0 Å². The third-order valence-corrected chi connectivity index (χ3v) is 4.41. The molecule has 3 rings (SSSR count). The fourth-order valence-electron chi connectivity index (χ4n) is 3.24. The molecule has 0 heterocycles. The Hall–Kier alpha value is -1.67. The minimum absolute atomic E-state index is 0.0475. The van der Waals surface area contributed by atoms with E-state index in [9.17, 15) is 4.39 Å². The highest BCUT2D eigenvalue weighted by Gasteiger charge is 2.25. The third kappa shape index (κ3) is 3.33. The second-order valence-electron chi connectivity index (χ2n) is 5.99. The predicted octanol–water partition coefficient (Wildman–Crippen LogP) is 4.42. The van der Waals surface area contributed by atoms with E-state index in [1.165, 1.54) is 5.56 Å². The number of hydrogen-bond acceptors (Lipinski definition) is 1. The monoisotopic (exact) mass is 283 g/mol. The number of fused-ring (bicyclic) bond motifs is 1. The first kappa shape index (κ1) is 14.3. The average Bonchev–Trinajstić information content (AvgIpc) is 2.91. The largest absolute Gasteiger partial charge is 0.307 e. The van der Waals surface area contributed by atoms with Crippen molar-refractivity contribution in [3.8, 4) is 0 Å². The van der Waals surface area contributed by atoms with Crippen molar-refractivity contribution in [1.82, 2.24) is 5.32 Å². The summed E-state index contributed by atoms with van der Waals surface area (Å²) < 4.78 is 13.7. The maximum atomic E-state index is 13.7. The van der Waals surface area contributed by atoms with Gasteiger partial charge in [0, 0.05) is 12.1 Å². The summed E-state index contributed by atoms with van der Waals surface area (Å²) in [4.78, 5) is 0. The molecule has 0 bridgehead atoms. The Bertz CT molecular complexity index is 594. The summed E-state index contributed by atoms with van der Waals surface area (Å²) in [5, 5.41) is 3.67. The zero-order valence-corrected chi connectivity index (χ0v) is 12.5. The van der Waals surface area contributed by atoms with E-state index in [0.29, 0.717) is 12.1 Å². The van der Waals surface area contributed by atoms with Crippen LogP contribution in [0.25, 0.3) is 0 Å². The lowest BCUT2D eigenvalue weighted by Crippen LogP contribution is -2.29. The van der Waals surface area contributed by atoms with E-state index in [2.05, 4.69) is 48.6 Å². The Morgan fingerprint density at radius 1 is 1.14 bits per heavy atom. The molecule has 21 heavy (non-hydrogen) atoms. The van der Waals surface area contributed by atoms with Crippen LogP contribution in [0.5, 0.6) is 0 Å². The minimum Gasteiger partial charge on any atom is -0.307 e. The second kappa shape index (κ2) is 6.40. The molecular weight excluding hydrogens is 261 g/mol. The van der Waals surface area contributed by atoms with Crippen LogP contribution in [-0.4, -0.2) is 6.04 Å². The summed E-state index contributed by atoms with van der Waals surface area (Å²) >= 11 is 0. The summed E-state index contributed by atoms with van der Waals surface area (Å²) in [5.41, 5.74) is 3.44. The van der Waals surface area contributed by atoms with Crippen LogP contribution in [0, 0.1) is 5.82 Å². The zero-order valence-electron chi connectivity index (χ0n) is 12.5. The van der Waals surface area contributed by atoms with Gasteiger partial charge in [-0.15, -0.1) is 0 Å².